The number of benzene rings is 1. The Morgan fingerprint density at radius 2 is 2.14 bits per heavy atom. The molecule has 0 spiro atoms. The first-order chi connectivity index (χ1) is 9.95. The molecule has 1 aromatic carbocycles. The number of hydrogen-bond acceptors (Lipinski definition) is 4. The quantitative estimate of drug-likeness (QED) is 0.668. The first-order valence-electron chi connectivity index (χ1n) is 6.12. The molecule has 6 nitrogen and oxygen atoms in total. The van der Waals surface area contributed by atoms with Crippen molar-refractivity contribution >= 4 is 38.6 Å². The summed E-state index contributed by atoms with van der Waals surface area (Å²) in [6.07, 6.45) is 0.659. The molecular weight excluding hydrogens is 362 g/mol. The van der Waals surface area contributed by atoms with Gasteiger partial charge in [0.1, 0.15) is 5.75 Å². The minimum absolute atomic E-state index is 0.0660. The van der Waals surface area contributed by atoms with Gasteiger partial charge in [-0.25, -0.2) is 4.79 Å². The summed E-state index contributed by atoms with van der Waals surface area (Å²) >= 11 is 3.20. The Morgan fingerprint density at radius 3 is 2.76 bits per heavy atom. The van der Waals surface area contributed by atoms with Gasteiger partial charge in [0.05, 0.1) is 21.3 Å². The Morgan fingerprint density at radius 1 is 1.43 bits per heavy atom. The second-order valence-electron chi connectivity index (χ2n) is 4.13. The molecule has 0 heterocycles. The van der Waals surface area contributed by atoms with Crippen molar-refractivity contribution in [3.05, 3.63) is 28.2 Å². The zero-order valence-electron chi connectivity index (χ0n) is 11.4. The van der Waals surface area contributed by atoms with Crippen LogP contribution in [0.5, 0.6) is 0 Å². The molecule has 0 fully saturated rings. The average molecular weight is 378 g/mol. The minimum Gasteiger partial charge on any atom is -0.478 e. The third-order valence-electron chi connectivity index (χ3n) is 2.53. The van der Waals surface area contributed by atoms with Gasteiger partial charge in [0.25, 0.3) is 0 Å². The van der Waals surface area contributed by atoms with E-state index in [1.807, 2.05) is 0 Å². The molecule has 1 rings (SSSR count). The van der Waals surface area contributed by atoms with Crippen molar-refractivity contribution in [1.82, 2.24) is 5.32 Å². The first kappa shape index (κ1) is 17.8. The lowest BCUT2D eigenvalue weighted by Crippen LogP contribution is -2.30. The van der Waals surface area contributed by atoms with Gasteiger partial charge >= 0.3 is 5.97 Å². The first-order valence-corrected chi connectivity index (χ1v) is 8.23. The molecule has 8 heteroatoms. The van der Waals surface area contributed by atoms with Crippen molar-refractivity contribution in [3.8, 4) is 0 Å². The van der Waals surface area contributed by atoms with Crippen molar-refractivity contribution in [2.45, 2.75) is 11.3 Å². The Balaban J connectivity index is 2.69. The van der Waals surface area contributed by atoms with E-state index >= 15 is 0 Å². The highest BCUT2D eigenvalue weighted by Crippen LogP contribution is 2.20. The molecule has 0 aliphatic heterocycles. The van der Waals surface area contributed by atoms with Crippen LogP contribution in [-0.4, -0.2) is 47.2 Å². The average Bonchev–Trinajstić information content (AvgIpc) is 2.43. The molecule has 1 amide bonds. The van der Waals surface area contributed by atoms with Crippen LogP contribution in [0, 0.1) is 0 Å². The predicted octanol–water partition coefficient (Wildman–Crippen LogP) is 1.41. The van der Waals surface area contributed by atoms with Crippen LogP contribution in [0.3, 0.4) is 0 Å². The largest absolute Gasteiger partial charge is 0.478 e. The fourth-order valence-corrected chi connectivity index (χ4v) is 3.22. The summed E-state index contributed by atoms with van der Waals surface area (Å²) in [5.74, 6) is -1.84. The molecule has 0 aromatic heterocycles. The Hall–Kier alpha value is -1.25. The molecule has 116 valence electrons. The monoisotopic (exact) mass is 377 g/mol. The van der Waals surface area contributed by atoms with Gasteiger partial charge in [-0.05, 0) is 24.6 Å². The third-order valence-corrected chi connectivity index (χ3v) is 4.37. The summed E-state index contributed by atoms with van der Waals surface area (Å²) in [6.45, 7) is 0.951. The Labute approximate surface area is 133 Å². The van der Waals surface area contributed by atoms with Crippen molar-refractivity contribution < 1.29 is 23.6 Å². The Kier molecular flexibility index (Phi) is 7.55. The van der Waals surface area contributed by atoms with Crippen molar-refractivity contribution in [1.29, 1.82) is 0 Å². The van der Waals surface area contributed by atoms with Gasteiger partial charge in [0.15, 0.2) is 0 Å². The lowest BCUT2D eigenvalue weighted by atomic mass is 10.2. The molecule has 0 saturated carbocycles. The second-order valence-corrected chi connectivity index (χ2v) is 6.47. The van der Waals surface area contributed by atoms with Gasteiger partial charge in [-0.1, -0.05) is 15.9 Å². The highest BCUT2D eigenvalue weighted by Gasteiger charge is 2.18. The number of methoxy groups -OCH3 is 1. The van der Waals surface area contributed by atoms with E-state index in [1.165, 1.54) is 12.1 Å². The van der Waals surface area contributed by atoms with Gasteiger partial charge in [0, 0.05) is 24.7 Å². The van der Waals surface area contributed by atoms with E-state index in [2.05, 4.69) is 21.2 Å². The molecule has 1 atom stereocenters. The third kappa shape index (κ3) is 5.94. The zero-order valence-corrected chi connectivity index (χ0v) is 13.8. The number of amides is 1. The maximum atomic E-state index is 12.2. The number of aromatic carboxylic acids is 1. The number of carboxylic acids is 1. The number of carbonyl (C=O) groups is 2. The summed E-state index contributed by atoms with van der Waals surface area (Å²) < 4.78 is 17.6. The van der Waals surface area contributed by atoms with E-state index in [-0.39, 0.29) is 22.1 Å². The molecular formula is C13H16BrNO5S. The molecule has 21 heavy (non-hydrogen) atoms. The number of hydrogen-bond donors (Lipinski definition) is 2. The SMILES string of the molecule is COCCCNC(=O)CS(=O)c1cc(Br)ccc1C(=O)O. The standard InChI is InChI=1S/C13H16BrNO5S/c1-20-6-2-5-15-12(16)8-21(19)11-7-9(14)3-4-10(11)13(17)18/h3-4,7H,2,5-6,8H2,1H3,(H,15,16)(H,17,18). The number of ether oxygens (including phenoxy) is 1. The maximum Gasteiger partial charge on any atom is 0.336 e. The number of halogens is 1. The van der Waals surface area contributed by atoms with Crippen LogP contribution in [0.15, 0.2) is 27.6 Å². The van der Waals surface area contributed by atoms with E-state index in [1.54, 1.807) is 13.2 Å². The van der Waals surface area contributed by atoms with Crippen LogP contribution in [0.25, 0.3) is 0 Å². The highest BCUT2D eigenvalue weighted by molar-refractivity contribution is 9.10. The lowest BCUT2D eigenvalue weighted by molar-refractivity contribution is -0.118. The summed E-state index contributed by atoms with van der Waals surface area (Å²) in [5.41, 5.74) is -0.0660. The summed E-state index contributed by atoms with van der Waals surface area (Å²) in [5, 5.41) is 11.7. The smallest absolute Gasteiger partial charge is 0.336 e. The lowest BCUT2D eigenvalue weighted by Gasteiger charge is -2.08. The summed E-state index contributed by atoms with van der Waals surface area (Å²) in [6, 6.07) is 4.36. The van der Waals surface area contributed by atoms with Crippen molar-refractivity contribution in [2.75, 3.05) is 26.0 Å². The van der Waals surface area contributed by atoms with E-state index in [4.69, 9.17) is 9.84 Å². The van der Waals surface area contributed by atoms with E-state index in [0.717, 1.165) is 0 Å². The van der Waals surface area contributed by atoms with Gasteiger partial charge in [-0.3, -0.25) is 9.00 Å². The summed E-state index contributed by atoms with van der Waals surface area (Å²) in [4.78, 5) is 22.9. The van der Waals surface area contributed by atoms with Crippen molar-refractivity contribution in [2.24, 2.45) is 0 Å². The van der Waals surface area contributed by atoms with E-state index in [9.17, 15) is 13.8 Å². The van der Waals surface area contributed by atoms with Gasteiger partial charge in [0.2, 0.25) is 5.91 Å². The molecule has 0 radical (unpaired) electrons. The zero-order chi connectivity index (χ0) is 15.8. The van der Waals surface area contributed by atoms with Crippen LogP contribution >= 0.6 is 15.9 Å². The Bertz CT molecular complexity index is 549. The van der Waals surface area contributed by atoms with Crippen LogP contribution < -0.4 is 5.32 Å². The number of nitrogens with one attached hydrogen (secondary N) is 1. The van der Waals surface area contributed by atoms with Crippen molar-refractivity contribution in [3.63, 3.8) is 0 Å². The molecule has 1 aromatic rings. The molecule has 0 aliphatic rings. The van der Waals surface area contributed by atoms with E-state index in [0.29, 0.717) is 24.0 Å². The second kappa shape index (κ2) is 8.91. The predicted molar refractivity (Wildman–Crippen MR) is 81.9 cm³/mol. The maximum absolute atomic E-state index is 12.2. The van der Waals surface area contributed by atoms with Crippen LogP contribution in [0.2, 0.25) is 0 Å². The molecule has 2 N–H and O–H groups in total. The number of carboxylic acid groups (broad SMARTS) is 1. The van der Waals surface area contributed by atoms with Crippen LogP contribution in [-0.2, 0) is 20.3 Å². The topological polar surface area (TPSA) is 92.7 Å². The fraction of sp³-hybridized carbons (Fsp3) is 0.385. The molecule has 1 unspecified atom stereocenters. The van der Waals surface area contributed by atoms with Crippen LogP contribution in [0.4, 0.5) is 0 Å². The molecule has 0 bridgehead atoms. The highest BCUT2D eigenvalue weighted by atomic mass is 79.9. The fourth-order valence-electron chi connectivity index (χ4n) is 1.55. The van der Waals surface area contributed by atoms with Crippen LogP contribution in [0.1, 0.15) is 16.8 Å². The van der Waals surface area contributed by atoms with Gasteiger partial charge in [-0.15, -0.1) is 0 Å². The molecule has 0 aliphatic carbocycles. The number of carbonyl (C=O) groups excluding carboxylic acids is 1. The van der Waals surface area contributed by atoms with E-state index < -0.39 is 16.8 Å². The van der Waals surface area contributed by atoms with Gasteiger partial charge < -0.3 is 15.2 Å². The molecule has 0 saturated heterocycles. The van der Waals surface area contributed by atoms with Gasteiger partial charge in [-0.2, -0.15) is 0 Å². The normalized spacial score (nSPS) is 11.9. The summed E-state index contributed by atoms with van der Waals surface area (Å²) in [7, 11) is -0.150. The number of rotatable bonds is 8. The minimum atomic E-state index is -1.72.